The van der Waals surface area contributed by atoms with Crippen LogP contribution in [0.15, 0.2) is 65.0 Å². The zero-order valence-electron chi connectivity index (χ0n) is 19.3. The highest BCUT2D eigenvalue weighted by molar-refractivity contribution is 6.32. The van der Waals surface area contributed by atoms with Gasteiger partial charge in [0.1, 0.15) is 0 Å². The normalized spacial score (nSPS) is 17.9. The molecule has 4 rings (SSSR count). The molecular weight excluding hydrogens is 454 g/mol. The molecule has 2 aromatic rings. The number of ketones is 1. The number of hydrogen-bond donors (Lipinski definition) is 2. The minimum absolute atomic E-state index is 0.0111. The van der Waals surface area contributed by atoms with Crippen LogP contribution in [-0.2, 0) is 20.7 Å². The van der Waals surface area contributed by atoms with Gasteiger partial charge in [-0.05, 0) is 49.9 Å². The van der Waals surface area contributed by atoms with Crippen LogP contribution < -0.4 is 10.1 Å². The fraction of sp³-hybridized carbons (Fsp3) is 0.333. The van der Waals surface area contributed by atoms with Crippen LogP contribution in [0.1, 0.15) is 50.2 Å². The highest BCUT2D eigenvalue weighted by atomic mass is 35.5. The van der Waals surface area contributed by atoms with E-state index in [4.69, 9.17) is 21.1 Å². The molecule has 1 unspecified atom stereocenters. The number of carbonyl (C=O) groups excluding carboxylic acids is 2. The van der Waals surface area contributed by atoms with Gasteiger partial charge in [0.25, 0.3) is 0 Å². The third-order valence-corrected chi connectivity index (χ3v) is 6.43. The van der Waals surface area contributed by atoms with E-state index < -0.39 is 11.9 Å². The van der Waals surface area contributed by atoms with Crippen molar-refractivity contribution in [2.45, 2.75) is 45.4 Å². The van der Waals surface area contributed by atoms with Crippen molar-refractivity contribution in [3.05, 3.63) is 81.2 Å². The van der Waals surface area contributed by atoms with Gasteiger partial charge in [-0.2, -0.15) is 0 Å². The molecule has 6 nitrogen and oxygen atoms in total. The topological polar surface area (TPSA) is 84.9 Å². The number of phenols is 1. The molecule has 0 amide bonds. The third-order valence-electron chi connectivity index (χ3n) is 6.15. The lowest BCUT2D eigenvalue weighted by Crippen LogP contribution is -2.34. The number of benzene rings is 2. The van der Waals surface area contributed by atoms with Gasteiger partial charge in [-0.3, -0.25) is 4.79 Å². The number of Topliss-reactive ketones (excluding diaryl/α,β-unsaturated/α-hetero) is 1. The number of allylic oxidation sites excluding steroid dienone is 3. The Hall–Kier alpha value is -3.25. The van der Waals surface area contributed by atoms with Crippen LogP contribution in [0.25, 0.3) is 0 Å². The summed E-state index contributed by atoms with van der Waals surface area (Å²) in [6.07, 6.45) is 2.47. The number of dihydropyridines is 1. The van der Waals surface area contributed by atoms with Crippen molar-refractivity contribution in [1.82, 2.24) is 5.32 Å². The van der Waals surface area contributed by atoms with Gasteiger partial charge in [-0.1, -0.05) is 41.9 Å². The molecule has 34 heavy (non-hydrogen) atoms. The Labute approximate surface area is 204 Å². The quantitative estimate of drug-likeness (QED) is 0.529. The summed E-state index contributed by atoms with van der Waals surface area (Å²) in [6, 6.07) is 13.0. The van der Waals surface area contributed by atoms with E-state index in [0.29, 0.717) is 41.9 Å². The smallest absolute Gasteiger partial charge is 0.336 e. The second kappa shape index (κ2) is 10.3. The number of hydrogen-bond acceptors (Lipinski definition) is 6. The first-order chi connectivity index (χ1) is 16.4. The molecular formula is C27H28ClNO5. The second-order valence-corrected chi connectivity index (χ2v) is 8.83. The lowest BCUT2D eigenvalue weighted by molar-refractivity contribution is -0.139. The molecule has 1 aliphatic heterocycles. The second-order valence-electron chi connectivity index (χ2n) is 8.42. The average molecular weight is 482 g/mol. The maximum absolute atomic E-state index is 13.4. The Morgan fingerprint density at radius 1 is 1.21 bits per heavy atom. The minimum atomic E-state index is -0.661. The number of carbonyl (C=O) groups is 2. The average Bonchev–Trinajstić information content (AvgIpc) is 2.82. The van der Waals surface area contributed by atoms with Gasteiger partial charge < -0.3 is 19.9 Å². The van der Waals surface area contributed by atoms with E-state index in [0.717, 1.165) is 24.1 Å². The van der Waals surface area contributed by atoms with Gasteiger partial charge in [0, 0.05) is 35.7 Å². The first kappa shape index (κ1) is 23.9. The summed E-state index contributed by atoms with van der Waals surface area (Å²) in [7, 11) is 0. The number of rotatable bonds is 7. The van der Waals surface area contributed by atoms with Gasteiger partial charge in [-0.25, -0.2) is 4.79 Å². The van der Waals surface area contributed by atoms with Gasteiger partial charge in [0.05, 0.1) is 23.8 Å². The van der Waals surface area contributed by atoms with Crippen LogP contribution in [-0.4, -0.2) is 30.1 Å². The predicted octanol–water partition coefficient (Wildman–Crippen LogP) is 5.20. The summed E-state index contributed by atoms with van der Waals surface area (Å²) in [5.74, 6) is -1.12. The third kappa shape index (κ3) is 4.82. The van der Waals surface area contributed by atoms with Crippen molar-refractivity contribution >= 4 is 23.4 Å². The fourth-order valence-electron chi connectivity index (χ4n) is 4.60. The first-order valence-electron chi connectivity index (χ1n) is 11.5. The van der Waals surface area contributed by atoms with E-state index in [1.165, 1.54) is 0 Å². The van der Waals surface area contributed by atoms with Crippen LogP contribution in [0.2, 0.25) is 5.02 Å². The molecule has 0 spiro atoms. The molecule has 1 heterocycles. The van der Waals surface area contributed by atoms with Crippen molar-refractivity contribution in [2.24, 2.45) is 0 Å². The lowest BCUT2D eigenvalue weighted by Gasteiger charge is -2.34. The van der Waals surface area contributed by atoms with Crippen LogP contribution in [0.4, 0.5) is 0 Å². The largest absolute Gasteiger partial charge is 0.503 e. The van der Waals surface area contributed by atoms with Crippen molar-refractivity contribution in [2.75, 3.05) is 13.2 Å². The number of aromatic hydroxyl groups is 1. The van der Waals surface area contributed by atoms with Gasteiger partial charge in [-0.15, -0.1) is 0 Å². The monoisotopic (exact) mass is 481 g/mol. The number of nitrogens with one attached hydrogen (secondary N) is 1. The number of ether oxygens (including phenoxy) is 2. The summed E-state index contributed by atoms with van der Waals surface area (Å²) in [5, 5.41) is 13.7. The van der Waals surface area contributed by atoms with Crippen LogP contribution in [0.5, 0.6) is 11.5 Å². The van der Waals surface area contributed by atoms with Gasteiger partial charge in [0.15, 0.2) is 17.3 Å². The number of halogens is 1. The molecule has 178 valence electrons. The van der Waals surface area contributed by atoms with Crippen molar-refractivity contribution in [3.8, 4) is 11.5 Å². The highest BCUT2D eigenvalue weighted by Gasteiger charge is 2.39. The Balaban J connectivity index is 1.71. The molecule has 1 aliphatic carbocycles. The standard InChI is InChI=1S/C27H28ClNO5/c1-3-33-22-15-18(14-19(28)26(22)31)24-23(16(2)29-20-10-7-11-21(30)25(20)24)27(32)34-13-12-17-8-5-4-6-9-17/h4-6,8-9,14-15,24,29,31H,3,7,10-13H2,1-2H3. The Morgan fingerprint density at radius 3 is 2.71 bits per heavy atom. The van der Waals surface area contributed by atoms with Gasteiger partial charge >= 0.3 is 5.97 Å². The molecule has 0 aromatic heterocycles. The molecule has 2 N–H and O–H groups in total. The van der Waals surface area contributed by atoms with Crippen LogP contribution in [0.3, 0.4) is 0 Å². The van der Waals surface area contributed by atoms with Gasteiger partial charge in [0.2, 0.25) is 0 Å². The Morgan fingerprint density at radius 2 is 1.97 bits per heavy atom. The molecule has 0 fully saturated rings. The summed E-state index contributed by atoms with van der Waals surface area (Å²) in [6.45, 7) is 4.16. The number of esters is 1. The van der Waals surface area contributed by atoms with Crippen molar-refractivity contribution in [3.63, 3.8) is 0 Å². The molecule has 0 bridgehead atoms. The Kier molecular flexibility index (Phi) is 7.27. The fourth-order valence-corrected chi connectivity index (χ4v) is 4.82. The molecule has 0 saturated carbocycles. The summed E-state index contributed by atoms with van der Waals surface area (Å²) in [5.41, 5.74) is 4.05. The molecule has 1 atom stereocenters. The van der Waals surface area contributed by atoms with Crippen LogP contribution >= 0.6 is 11.6 Å². The molecule has 7 heteroatoms. The van der Waals surface area contributed by atoms with E-state index in [2.05, 4.69) is 5.32 Å². The van der Waals surface area contributed by atoms with Crippen molar-refractivity contribution < 1.29 is 24.2 Å². The van der Waals surface area contributed by atoms with E-state index in [1.54, 1.807) is 19.1 Å². The van der Waals surface area contributed by atoms with E-state index in [-0.39, 0.29) is 28.9 Å². The first-order valence-corrected chi connectivity index (χ1v) is 11.9. The molecule has 0 radical (unpaired) electrons. The van der Waals surface area contributed by atoms with Crippen LogP contribution in [0, 0.1) is 0 Å². The van der Waals surface area contributed by atoms with E-state index in [1.807, 2.05) is 37.3 Å². The maximum Gasteiger partial charge on any atom is 0.336 e. The zero-order chi connectivity index (χ0) is 24.2. The Bertz CT molecular complexity index is 1170. The van der Waals surface area contributed by atoms with Crippen molar-refractivity contribution in [1.29, 1.82) is 0 Å². The van der Waals surface area contributed by atoms with E-state index >= 15 is 0 Å². The molecule has 2 aliphatic rings. The summed E-state index contributed by atoms with van der Waals surface area (Å²) < 4.78 is 11.2. The minimum Gasteiger partial charge on any atom is -0.503 e. The maximum atomic E-state index is 13.4. The SMILES string of the molecule is CCOc1cc(C2C(C(=O)OCCc3ccccc3)=C(C)NC3=C2C(=O)CCC3)cc(Cl)c1O. The highest BCUT2D eigenvalue weighted by Crippen LogP contribution is 2.46. The zero-order valence-corrected chi connectivity index (χ0v) is 20.1. The molecule has 0 saturated heterocycles. The summed E-state index contributed by atoms with van der Waals surface area (Å²) >= 11 is 6.32. The van der Waals surface area contributed by atoms with E-state index in [9.17, 15) is 14.7 Å². The molecule has 2 aromatic carbocycles. The summed E-state index contributed by atoms with van der Waals surface area (Å²) in [4.78, 5) is 26.4. The predicted molar refractivity (Wildman–Crippen MR) is 130 cm³/mol. The lowest BCUT2D eigenvalue weighted by atomic mass is 9.75. The number of phenolic OH excluding ortho intramolecular Hbond substituents is 1.